The lowest BCUT2D eigenvalue weighted by atomic mass is 10.0. The Morgan fingerprint density at radius 2 is 2.12 bits per heavy atom. The van der Waals surface area contributed by atoms with Crippen LogP contribution in [0.1, 0.15) is 52.9 Å². The fourth-order valence-corrected chi connectivity index (χ4v) is 4.43. The van der Waals surface area contributed by atoms with Gasteiger partial charge in [-0.15, -0.1) is 16.4 Å². The summed E-state index contributed by atoms with van der Waals surface area (Å²) >= 11 is 7.80. The molecule has 2 aromatic heterocycles. The molecule has 7 nitrogen and oxygen atoms in total. The lowest BCUT2D eigenvalue weighted by Crippen LogP contribution is -2.26. The van der Waals surface area contributed by atoms with Gasteiger partial charge >= 0.3 is 0 Å². The highest BCUT2D eigenvalue weighted by atomic mass is 35.5. The zero-order valence-corrected chi connectivity index (χ0v) is 18.6. The number of tetrazole rings is 1. The van der Waals surface area contributed by atoms with Gasteiger partial charge in [0.15, 0.2) is 5.82 Å². The van der Waals surface area contributed by atoms with Crippen LogP contribution in [-0.2, 0) is 0 Å². The first kappa shape index (κ1) is 20.7. The minimum Gasteiger partial charge on any atom is -0.343 e. The monoisotopic (exact) mass is 468 g/mol. The molecule has 1 atom stereocenters. The molecule has 0 bridgehead atoms. The Hall–Kier alpha value is -3.17. The molecule has 10 heteroatoms. The van der Waals surface area contributed by atoms with E-state index >= 15 is 0 Å². The van der Waals surface area contributed by atoms with Crippen LogP contribution < -0.4 is 5.32 Å². The smallest absolute Gasteiger partial charge is 0.251 e. The molecule has 5 rings (SSSR count). The molecule has 1 saturated carbocycles. The number of nitrogens with one attached hydrogen (secondary N) is 1. The highest BCUT2D eigenvalue weighted by Gasteiger charge is 2.30. The fraction of sp³-hybridized carbons (Fsp3) is 0.227. The van der Waals surface area contributed by atoms with Crippen molar-refractivity contribution in [2.24, 2.45) is 0 Å². The third-order valence-electron chi connectivity index (χ3n) is 5.27. The molecular formula is C22H18ClFN6OS. The SMILES string of the molecule is CC(NC(=O)c1cc(-c2ccc(F)cc2Cl)cc(-n2nnnc2C2CC2)c1)c1nccs1. The summed E-state index contributed by atoms with van der Waals surface area (Å²) < 4.78 is 15.3. The number of benzene rings is 2. The minimum atomic E-state index is -0.429. The second kappa shape index (κ2) is 8.40. The predicted molar refractivity (Wildman–Crippen MR) is 120 cm³/mol. The Kier molecular flexibility index (Phi) is 5.44. The van der Waals surface area contributed by atoms with Gasteiger partial charge in [0.2, 0.25) is 0 Å². The molecule has 1 N–H and O–H groups in total. The molecule has 162 valence electrons. The molecule has 1 fully saturated rings. The maximum atomic E-state index is 13.6. The zero-order valence-electron chi connectivity index (χ0n) is 17.0. The molecule has 1 unspecified atom stereocenters. The van der Waals surface area contributed by atoms with E-state index in [0.29, 0.717) is 28.3 Å². The quantitative estimate of drug-likeness (QED) is 0.433. The zero-order chi connectivity index (χ0) is 22.2. The van der Waals surface area contributed by atoms with E-state index in [4.69, 9.17) is 11.6 Å². The standard InChI is InChI=1S/C22H18ClFN6OS/c1-12(22-25-6-7-32-22)26-21(31)15-8-14(18-5-4-16(24)11-19(18)23)9-17(10-15)30-20(13-2-3-13)27-28-29-30/h4-13H,2-3H2,1H3,(H,26,31). The summed E-state index contributed by atoms with van der Waals surface area (Å²) in [6, 6.07) is 9.26. The Morgan fingerprint density at radius 3 is 2.84 bits per heavy atom. The lowest BCUT2D eigenvalue weighted by molar-refractivity contribution is 0.0940. The van der Waals surface area contributed by atoms with Crippen molar-refractivity contribution in [2.45, 2.75) is 31.7 Å². The number of rotatable bonds is 6. The van der Waals surface area contributed by atoms with Gasteiger partial charge in [-0.3, -0.25) is 4.79 Å². The van der Waals surface area contributed by atoms with Gasteiger partial charge in [-0.25, -0.2) is 9.37 Å². The number of halogens is 2. The molecule has 1 aliphatic carbocycles. The van der Waals surface area contributed by atoms with E-state index in [0.717, 1.165) is 23.7 Å². The number of aromatic nitrogens is 5. The molecule has 1 amide bonds. The number of hydrogen-bond donors (Lipinski definition) is 1. The van der Waals surface area contributed by atoms with E-state index in [1.165, 1.54) is 23.5 Å². The number of thiazole rings is 1. The van der Waals surface area contributed by atoms with Crippen molar-refractivity contribution in [1.29, 1.82) is 0 Å². The predicted octanol–water partition coefficient (Wildman–Crippen LogP) is 4.95. The summed E-state index contributed by atoms with van der Waals surface area (Å²) in [5.74, 6) is 0.372. The maximum absolute atomic E-state index is 13.6. The van der Waals surface area contributed by atoms with Gasteiger partial charge in [0.25, 0.3) is 5.91 Å². The molecule has 1 aliphatic rings. The van der Waals surface area contributed by atoms with Gasteiger partial charge in [0.1, 0.15) is 10.8 Å². The third-order valence-corrected chi connectivity index (χ3v) is 6.54. The van der Waals surface area contributed by atoms with E-state index in [1.54, 1.807) is 29.1 Å². The molecule has 2 aromatic carbocycles. The maximum Gasteiger partial charge on any atom is 0.251 e. The van der Waals surface area contributed by atoms with Crippen molar-refractivity contribution in [2.75, 3.05) is 0 Å². The Bertz CT molecular complexity index is 1290. The summed E-state index contributed by atoms with van der Waals surface area (Å²) in [7, 11) is 0. The number of nitrogens with zero attached hydrogens (tertiary/aromatic N) is 5. The van der Waals surface area contributed by atoms with E-state index in [9.17, 15) is 9.18 Å². The molecule has 32 heavy (non-hydrogen) atoms. The summed E-state index contributed by atoms with van der Waals surface area (Å²) in [4.78, 5) is 17.4. The lowest BCUT2D eigenvalue weighted by Gasteiger charge is -2.14. The van der Waals surface area contributed by atoms with E-state index < -0.39 is 5.82 Å². The normalized spacial score (nSPS) is 14.3. The number of carbonyl (C=O) groups excluding carboxylic acids is 1. The van der Waals surface area contributed by atoms with Crippen molar-refractivity contribution in [1.82, 2.24) is 30.5 Å². The van der Waals surface area contributed by atoms with Gasteiger partial charge in [-0.2, -0.15) is 4.68 Å². The van der Waals surface area contributed by atoms with Crippen LogP contribution in [0.3, 0.4) is 0 Å². The molecule has 0 aliphatic heterocycles. The van der Waals surface area contributed by atoms with E-state index in [1.807, 2.05) is 18.4 Å². The van der Waals surface area contributed by atoms with Gasteiger partial charge in [-0.05, 0) is 72.2 Å². The number of amides is 1. The number of hydrogen-bond acceptors (Lipinski definition) is 6. The van der Waals surface area contributed by atoms with Gasteiger partial charge < -0.3 is 5.32 Å². The van der Waals surface area contributed by atoms with Crippen LogP contribution in [0.15, 0.2) is 48.0 Å². The molecular weight excluding hydrogens is 451 g/mol. The highest BCUT2D eigenvalue weighted by Crippen LogP contribution is 2.39. The van der Waals surface area contributed by atoms with Crippen LogP contribution in [0.5, 0.6) is 0 Å². The second-order valence-electron chi connectivity index (χ2n) is 7.68. The summed E-state index contributed by atoms with van der Waals surface area (Å²) in [6.45, 7) is 1.88. The van der Waals surface area contributed by atoms with Crippen LogP contribution in [0, 0.1) is 5.82 Å². The topological polar surface area (TPSA) is 85.6 Å². The van der Waals surface area contributed by atoms with Gasteiger partial charge in [0.05, 0.1) is 16.8 Å². The Balaban J connectivity index is 1.57. The van der Waals surface area contributed by atoms with Crippen LogP contribution in [0.2, 0.25) is 5.02 Å². The van der Waals surface area contributed by atoms with Crippen molar-refractivity contribution in [3.8, 4) is 16.8 Å². The fourth-order valence-electron chi connectivity index (χ4n) is 3.51. The van der Waals surface area contributed by atoms with E-state index in [-0.39, 0.29) is 17.0 Å². The number of carbonyl (C=O) groups is 1. The van der Waals surface area contributed by atoms with Crippen molar-refractivity contribution < 1.29 is 9.18 Å². The van der Waals surface area contributed by atoms with Crippen LogP contribution >= 0.6 is 22.9 Å². The average molecular weight is 469 g/mol. The molecule has 0 spiro atoms. The van der Waals surface area contributed by atoms with Crippen LogP contribution in [0.4, 0.5) is 4.39 Å². The second-order valence-corrected chi connectivity index (χ2v) is 9.01. The molecule has 2 heterocycles. The molecule has 4 aromatic rings. The van der Waals surface area contributed by atoms with Gasteiger partial charge in [-0.1, -0.05) is 11.6 Å². The molecule has 0 radical (unpaired) electrons. The highest BCUT2D eigenvalue weighted by molar-refractivity contribution is 7.09. The molecule has 0 saturated heterocycles. The average Bonchev–Trinajstić information content (AvgIpc) is 3.26. The van der Waals surface area contributed by atoms with E-state index in [2.05, 4.69) is 25.8 Å². The third kappa shape index (κ3) is 4.13. The Labute approximate surface area is 192 Å². The first-order valence-electron chi connectivity index (χ1n) is 10.1. The first-order valence-corrected chi connectivity index (χ1v) is 11.3. The summed E-state index contributed by atoms with van der Waals surface area (Å²) in [5.41, 5.74) is 2.33. The summed E-state index contributed by atoms with van der Waals surface area (Å²) in [5, 5.41) is 18.0. The first-order chi connectivity index (χ1) is 15.5. The van der Waals surface area contributed by atoms with Crippen molar-refractivity contribution >= 4 is 28.8 Å². The summed E-state index contributed by atoms with van der Waals surface area (Å²) in [6.07, 6.45) is 3.76. The van der Waals surface area contributed by atoms with Crippen molar-refractivity contribution in [3.63, 3.8) is 0 Å². The minimum absolute atomic E-state index is 0.251. The van der Waals surface area contributed by atoms with Crippen LogP contribution in [-0.4, -0.2) is 31.1 Å². The van der Waals surface area contributed by atoms with Crippen molar-refractivity contribution in [3.05, 3.63) is 75.2 Å². The van der Waals surface area contributed by atoms with Gasteiger partial charge in [0, 0.05) is 28.6 Å². The Morgan fingerprint density at radius 1 is 1.28 bits per heavy atom. The van der Waals surface area contributed by atoms with Crippen LogP contribution in [0.25, 0.3) is 16.8 Å². The largest absolute Gasteiger partial charge is 0.343 e.